The summed E-state index contributed by atoms with van der Waals surface area (Å²) >= 11 is 0. The quantitative estimate of drug-likeness (QED) is 0.649. The topological polar surface area (TPSA) is 51.2 Å². The van der Waals surface area contributed by atoms with E-state index in [0.29, 0.717) is 12.4 Å². The van der Waals surface area contributed by atoms with E-state index in [0.717, 1.165) is 5.76 Å². The fourth-order valence-corrected chi connectivity index (χ4v) is 0.614. The Bertz CT molecular complexity index is 203. The van der Waals surface area contributed by atoms with Crippen LogP contribution in [0.25, 0.3) is 0 Å². The second-order valence-electron chi connectivity index (χ2n) is 1.96. The van der Waals surface area contributed by atoms with E-state index in [9.17, 15) is 0 Å². The highest BCUT2D eigenvalue weighted by molar-refractivity contribution is 4.99. The molecule has 10 heavy (non-hydrogen) atoms. The Morgan fingerprint density at radius 2 is 2.60 bits per heavy atom. The summed E-state index contributed by atoms with van der Waals surface area (Å²) in [5.41, 5.74) is 5.26. The largest absolute Gasteiger partial charge is 0.467 e. The number of hydrogen-bond acceptors (Lipinski definition) is 3. The van der Waals surface area contributed by atoms with Crippen LogP contribution in [0.1, 0.15) is 5.76 Å². The fourth-order valence-electron chi connectivity index (χ4n) is 0.614. The van der Waals surface area contributed by atoms with Crippen LogP contribution in [0.4, 0.5) is 0 Å². The molecule has 0 unspecified atom stereocenters. The van der Waals surface area contributed by atoms with Crippen molar-refractivity contribution in [1.82, 2.24) is 5.32 Å². The first kappa shape index (κ1) is 6.74. The predicted octanol–water partition coefficient (Wildman–Crippen LogP) is 0.799. The maximum absolute atomic E-state index is 5.26. The molecule has 0 aliphatic heterocycles. The van der Waals surface area contributed by atoms with Gasteiger partial charge in [0.25, 0.3) is 0 Å². The van der Waals surface area contributed by atoms with Crippen molar-refractivity contribution in [3.63, 3.8) is 0 Å². The average molecular weight is 138 g/mol. The third kappa shape index (κ3) is 1.85. The molecule has 3 N–H and O–H groups in total. The van der Waals surface area contributed by atoms with Crippen molar-refractivity contribution in [3.05, 3.63) is 36.6 Å². The summed E-state index contributed by atoms with van der Waals surface area (Å²) in [5.74, 6) is 1.31. The van der Waals surface area contributed by atoms with Gasteiger partial charge in [-0.25, -0.2) is 0 Å². The van der Waals surface area contributed by atoms with Crippen molar-refractivity contribution in [2.24, 2.45) is 5.73 Å². The van der Waals surface area contributed by atoms with Crippen LogP contribution in [0.2, 0.25) is 0 Å². The zero-order chi connectivity index (χ0) is 7.40. The SMILES string of the molecule is C=C(N)NCc1ccco1. The van der Waals surface area contributed by atoms with E-state index in [1.165, 1.54) is 0 Å². The van der Waals surface area contributed by atoms with E-state index in [2.05, 4.69) is 11.9 Å². The molecule has 0 radical (unpaired) electrons. The molecule has 0 bridgehead atoms. The highest BCUT2D eigenvalue weighted by atomic mass is 16.3. The van der Waals surface area contributed by atoms with Gasteiger partial charge in [0, 0.05) is 0 Å². The van der Waals surface area contributed by atoms with Crippen molar-refractivity contribution in [1.29, 1.82) is 0 Å². The number of nitrogens with one attached hydrogen (secondary N) is 1. The lowest BCUT2D eigenvalue weighted by Crippen LogP contribution is -2.17. The first-order chi connectivity index (χ1) is 4.79. The lowest BCUT2D eigenvalue weighted by Gasteiger charge is -1.99. The molecule has 1 aromatic rings. The van der Waals surface area contributed by atoms with Crippen LogP contribution in [0, 0.1) is 0 Å². The van der Waals surface area contributed by atoms with Crippen LogP contribution < -0.4 is 11.1 Å². The van der Waals surface area contributed by atoms with E-state index in [-0.39, 0.29) is 0 Å². The van der Waals surface area contributed by atoms with Gasteiger partial charge in [0.2, 0.25) is 0 Å². The second kappa shape index (κ2) is 2.96. The third-order valence-electron chi connectivity index (χ3n) is 1.07. The Hall–Kier alpha value is -1.38. The maximum Gasteiger partial charge on any atom is 0.122 e. The van der Waals surface area contributed by atoms with Crippen molar-refractivity contribution in [2.75, 3.05) is 0 Å². The van der Waals surface area contributed by atoms with E-state index in [4.69, 9.17) is 10.2 Å². The van der Waals surface area contributed by atoms with Gasteiger partial charge < -0.3 is 15.5 Å². The first-order valence-electron chi connectivity index (χ1n) is 2.99. The monoisotopic (exact) mass is 138 g/mol. The predicted molar refractivity (Wildman–Crippen MR) is 38.9 cm³/mol. The molecule has 3 nitrogen and oxygen atoms in total. The maximum atomic E-state index is 5.26. The molecule has 0 fully saturated rings. The second-order valence-corrected chi connectivity index (χ2v) is 1.96. The number of nitrogens with two attached hydrogens (primary N) is 1. The van der Waals surface area contributed by atoms with Crippen LogP contribution in [0.15, 0.2) is 35.2 Å². The van der Waals surface area contributed by atoms with Gasteiger partial charge in [-0.15, -0.1) is 0 Å². The van der Waals surface area contributed by atoms with Gasteiger partial charge in [0.1, 0.15) is 5.76 Å². The van der Waals surface area contributed by atoms with Crippen molar-refractivity contribution < 1.29 is 4.42 Å². The lowest BCUT2D eigenvalue weighted by molar-refractivity contribution is 0.495. The van der Waals surface area contributed by atoms with Crippen molar-refractivity contribution in [3.8, 4) is 0 Å². The Kier molecular flexibility index (Phi) is 1.99. The summed E-state index contributed by atoms with van der Waals surface area (Å²) in [5, 5.41) is 2.84. The summed E-state index contributed by atoms with van der Waals surface area (Å²) in [4.78, 5) is 0. The minimum atomic E-state index is 0.455. The first-order valence-corrected chi connectivity index (χ1v) is 2.99. The normalized spacial score (nSPS) is 9.20. The number of hydrogen-bond donors (Lipinski definition) is 2. The summed E-state index contributed by atoms with van der Waals surface area (Å²) in [6.45, 7) is 4.08. The zero-order valence-corrected chi connectivity index (χ0v) is 5.63. The highest BCUT2D eigenvalue weighted by Gasteiger charge is 1.91. The number of furan rings is 1. The van der Waals surface area contributed by atoms with Crippen molar-refractivity contribution >= 4 is 0 Å². The molecular formula is C7H10N2O. The van der Waals surface area contributed by atoms with Gasteiger partial charge in [0.15, 0.2) is 0 Å². The molecule has 1 heterocycles. The van der Waals surface area contributed by atoms with Crippen LogP contribution >= 0.6 is 0 Å². The van der Waals surface area contributed by atoms with Gasteiger partial charge >= 0.3 is 0 Å². The number of rotatable bonds is 3. The molecule has 1 aromatic heterocycles. The minimum Gasteiger partial charge on any atom is -0.467 e. The molecule has 0 saturated heterocycles. The third-order valence-corrected chi connectivity index (χ3v) is 1.07. The Morgan fingerprint density at radius 3 is 3.10 bits per heavy atom. The summed E-state index contributed by atoms with van der Waals surface area (Å²) in [6, 6.07) is 3.70. The molecule has 1 rings (SSSR count). The molecule has 0 spiro atoms. The fraction of sp³-hybridized carbons (Fsp3) is 0.143. The van der Waals surface area contributed by atoms with Gasteiger partial charge in [-0.3, -0.25) is 0 Å². The highest BCUT2D eigenvalue weighted by Crippen LogP contribution is 1.98. The van der Waals surface area contributed by atoms with Crippen LogP contribution in [-0.4, -0.2) is 0 Å². The van der Waals surface area contributed by atoms with E-state index in [1.807, 2.05) is 12.1 Å². The molecule has 0 aliphatic carbocycles. The Balaban J connectivity index is 2.35. The van der Waals surface area contributed by atoms with E-state index < -0.39 is 0 Å². The lowest BCUT2D eigenvalue weighted by atomic mass is 10.4. The molecule has 0 atom stereocenters. The molecular weight excluding hydrogens is 128 g/mol. The summed E-state index contributed by atoms with van der Waals surface area (Å²) in [6.07, 6.45) is 1.62. The Morgan fingerprint density at radius 1 is 1.80 bits per heavy atom. The minimum absolute atomic E-state index is 0.455. The van der Waals surface area contributed by atoms with E-state index >= 15 is 0 Å². The molecule has 0 aliphatic rings. The Labute approximate surface area is 59.5 Å². The average Bonchev–Trinajstić information content (AvgIpc) is 2.34. The summed E-state index contributed by atoms with van der Waals surface area (Å²) in [7, 11) is 0. The smallest absolute Gasteiger partial charge is 0.122 e. The summed E-state index contributed by atoms with van der Waals surface area (Å²) < 4.78 is 5.02. The van der Waals surface area contributed by atoms with Gasteiger partial charge in [0.05, 0.1) is 18.6 Å². The zero-order valence-electron chi connectivity index (χ0n) is 5.63. The van der Waals surface area contributed by atoms with Gasteiger partial charge in [-0.05, 0) is 12.1 Å². The van der Waals surface area contributed by atoms with Crippen LogP contribution in [-0.2, 0) is 6.54 Å². The standard InChI is InChI=1S/C7H10N2O/c1-6(8)9-5-7-3-2-4-10-7/h2-4,9H,1,5,8H2. The molecule has 0 amide bonds. The van der Waals surface area contributed by atoms with Gasteiger partial charge in [-0.1, -0.05) is 6.58 Å². The van der Waals surface area contributed by atoms with Crippen LogP contribution in [0.3, 0.4) is 0 Å². The van der Waals surface area contributed by atoms with Gasteiger partial charge in [-0.2, -0.15) is 0 Å². The van der Waals surface area contributed by atoms with E-state index in [1.54, 1.807) is 6.26 Å². The molecule has 0 aromatic carbocycles. The molecule has 3 heteroatoms. The van der Waals surface area contributed by atoms with Crippen molar-refractivity contribution in [2.45, 2.75) is 6.54 Å². The molecule has 54 valence electrons. The van der Waals surface area contributed by atoms with Crippen LogP contribution in [0.5, 0.6) is 0 Å². The molecule has 0 saturated carbocycles.